The second-order valence-electron chi connectivity index (χ2n) is 3.82. The Hall–Kier alpha value is -0.520. The number of rotatable bonds is 8. The van der Waals surface area contributed by atoms with Crippen molar-refractivity contribution < 1.29 is 5.11 Å². The summed E-state index contributed by atoms with van der Waals surface area (Å²) in [5.41, 5.74) is 3.88. The van der Waals surface area contributed by atoms with Gasteiger partial charge in [0.15, 0.2) is 0 Å². The van der Waals surface area contributed by atoms with E-state index in [-0.39, 0.29) is 6.10 Å². The first kappa shape index (κ1) is 13.5. The van der Waals surface area contributed by atoms with Gasteiger partial charge >= 0.3 is 0 Å². The Morgan fingerprint density at radius 1 is 1.21 bits per heavy atom. The zero-order chi connectivity index (χ0) is 10.8. The van der Waals surface area contributed by atoms with Crippen LogP contribution in [0.15, 0.2) is 17.9 Å². The first-order valence-electron chi connectivity index (χ1n) is 5.83. The fourth-order valence-corrected chi connectivity index (χ4v) is 1.56. The number of hydrogen-bond acceptors (Lipinski definition) is 1. The third kappa shape index (κ3) is 6.01. The lowest BCUT2D eigenvalue weighted by molar-refractivity contribution is 0.195. The van der Waals surface area contributed by atoms with Crippen LogP contribution < -0.4 is 0 Å². The molecular formula is C13H24O. The van der Waals surface area contributed by atoms with Crippen molar-refractivity contribution in [1.29, 1.82) is 0 Å². The van der Waals surface area contributed by atoms with Crippen molar-refractivity contribution in [1.82, 2.24) is 0 Å². The molecule has 0 aliphatic heterocycles. The van der Waals surface area contributed by atoms with Gasteiger partial charge < -0.3 is 5.11 Å². The summed E-state index contributed by atoms with van der Waals surface area (Å²) in [7, 11) is 0. The molecule has 1 N–H and O–H groups in total. The van der Waals surface area contributed by atoms with E-state index in [1.165, 1.54) is 19.3 Å². The zero-order valence-corrected chi connectivity index (χ0v) is 9.68. The molecule has 0 spiro atoms. The van der Waals surface area contributed by atoms with Gasteiger partial charge in [0.05, 0.1) is 6.10 Å². The number of aliphatic hydroxyl groups excluding tert-OH is 1. The van der Waals surface area contributed by atoms with Crippen LogP contribution >= 0.6 is 0 Å². The predicted octanol–water partition coefficient (Wildman–Crippen LogP) is 3.83. The molecule has 0 heterocycles. The monoisotopic (exact) mass is 196 g/mol. The third-order valence-electron chi connectivity index (χ3n) is 2.49. The third-order valence-corrected chi connectivity index (χ3v) is 2.49. The van der Waals surface area contributed by atoms with Crippen LogP contribution in [-0.4, -0.2) is 11.2 Å². The number of aliphatic hydroxyl groups is 1. The molecule has 0 saturated heterocycles. The molecule has 0 aromatic heterocycles. The maximum atomic E-state index is 9.73. The summed E-state index contributed by atoms with van der Waals surface area (Å²) in [6.07, 6.45) is 7.46. The van der Waals surface area contributed by atoms with E-state index in [2.05, 4.69) is 26.2 Å². The average molecular weight is 196 g/mol. The Morgan fingerprint density at radius 2 is 1.93 bits per heavy atom. The summed E-state index contributed by atoms with van der Waals surface area (Å²) in [5, 5.41) is 9.73. The van der Waals surface area contributed by atoms with Crippen molar-refractivity contribution in [3.05, 3.63) is 17.9 Å². The highest BCUT2D eigenvalue weighted by Gasteiger charge is 2.08. The van der Waals surface area contributed by atoms with E-state index in [0.717, 1.165) is 31.3 Å². The van der Waals surface area contributed by atoms with Gasteiger partial charge in [0.25, 0.3) is 0 Å². The van der Waals surface area contributed by atoms with Gasteiger partial charge in [-0.15, -0.1) is 5.73 Å². The minimum Gasteiger partial charge on any atom is -0.388 e. The molecule has 0 rings (SSSR count). The van der Waals surface area contributed by atoms with Gasteiger partial charge in [-0.1, -0.05) is 46.1 Å². The second kappa shape index (κ2) is 9.05. The summed E-state index contributed by atoms with van der Waals surface area (Å²) < 4.78 is 0. The molecule has 0 aliphatic carbocycles. The zero-order valence-electron chi connectivity index (χ0n) is 9.68. The lowest BCUT2D eigenvalue weighted by atomic mass is 10.00. The molecule has 0 aromatic rings. The summed E-state index contributed by atoms with van der Waals surface area (Å²) in [6.45, 7) is 7.93. The molecule has 1 atom stereocenters. The van der Waals surface area contributed by atoms with Crippen molar-refractivity contribution in [2.75, 3.05) is 0 Å². The Balaban J connectivity index is 3.75. The smallest absolute Gasteiger partial charge is 0.0823 e. The molecule has 0 aromatic carbocycles. The molecule has 0 radical (unpaired) electrons. The van der Waals surface area contributed by atoms with Gasteiger partial charge in [-0.05, 0) is 24.8 Å². The summed E-state index contributed by atoms with van der Waals surface area (Å²) in [6, 6.07) is 0. The molecule has 14 heavy (non-hydrogen) atoms. The Morgan fingerprint density at radius 3 is 2.43 bits per heavy atom. The van der Waals surface area contributed by atoms with E-state index < -0.39 is 0 Å². The molecule has 0 bridgehead atoms. The SMILES string of the molecule is C=C=C(CCCCCC)[C@@H](O)CCC. The van der Waals surface area contributed by atoms with Crippen LogP contribution in [0.1, 0.15) is 58.8 Å². The molecule has 0 unspecified atom stereocenters. The van der Waals surface area contributed by atoms with E-state index in [4.69, 9.17) is 0 Å². The first-order valence-corrected chi connectivity index (χ1v) is 5.83. The highest BCUT2D eigenvalue weighted by atomic mass is 16.3. The molecule has 0 fully saturated rings. The fraction of sp³-hybridized carbons (Fsp3) is 0.769. The Bertz CT molecular complexity index is 178. The van der Waals surface area contributed by atoms with Crippen molar-refractivity contribution >= 4 is 0 Å². The van der Waals surface area contributed by atoms with Crippen molar-refractivity contribution in [2.45, 2.75) is 64.9 Å². The molecule has 1 heteroatoms. The fourth-order valence-electron chi connectivity index (χ4n) is 1.56. The van der Waals surface area contributed by atoms with Crippen LogP contribution in [0.2, 0.25) is 0 Å². The maximum absolute atomic E-state index is 9.73. The summed E-state index contributed by atoms with van der Waals surface area (Å²) >= 11 is 0. The lowest BCUT2D eigenvalue weighted by Crippen LogP contribution is -2.09. The average Bonchev–Trinajstić information content (AvgIpc) is 2.18. The van der Waals surface area contributed by atoms with E-state index in [0.29, 0.717) is 0 Å². The molecule has 82 valence electrons. The van der Waals surface area contributed by atoms with Crippen molar-refractivity contribution in [2.24, 2.45) is 0 Å². The standard InChI is InChI=1S/C13H24O/c1-4-7-8-9-11-12(6-3)13(14)10-5-2/h13-14H,3-5,7-11H2,1-2H3/t13-/m0/s1. The molecule has 0 aliphatic rings. The van der Waals surface area contributed by atoms with E-state index >= 15 is 0 Å². The highest BCUT2D eigenvalue weighted by Crippen LogP contribution is 2.15. The van der Waals surface area contributed by atoms with Gasteiger partial charge in [0, 0.05) is 0 Å². The number of hydrogen-bond donors (Lipinski definition) is 1. The van der Waals surface area contributed by atoms with Gasteiger partial charge in [0.2, 0.25) is 0 Å². The largest absolute Gasteiger partial charge is 0.388 e. The van der Waals surface area contributed by atoms with Gasteiger partial charge in [-0.25, -0.2) is 0 Å². The predicted molar refractivity (Wildman–Crippen MR) is 62.3 cm³/mol. The summed E-state index contributed by atoms with van der Waals surface area (Å²) in [5.74, 6) is 0. The van der Waals surface area contributed by atoms with Crippen LogP contribution in [0.3, 0.4) is 0 Å². The van der Waals surface area contributed by atoms with Crippen LogP contribution in [0.5, 0.6) is 0 Å². The van der Waals surface area contributed by atoms with Gasteiger partial charge in [-0.2, -0.15) is 0 Å². The van der Waals surface area contributed by atoms with Crippen LogP contribution in [0, 0.1) is 0 Å². The Kier molecular flexibility index (Phi) is 8.72. The quantitative estimate of drug-likeness (QED) is 0.462. The second-order valence-corrected chi connectivity index (χ2v) is 3.82. The topological polar surface area (TPSA) is 20.2 Å². The van der Waals surface area contributed by atoms with Gasteiger partial charge in [-0.3, -0.25) is 0 Å². The van der Waals surface area contributed by atoms with Gasteiger partial charge in [0.1, 0.15) is 0 Å². The van der Waals surface area contributed by atoms with Crippen LogP contribution in [-0.2, 0) is 0 Å². The first-order chi connectivity index (χ1) is 6.76. The maximum Gasteiger partial charge on any atom is 0.0823 e. The minimum atomic E-state index is -0.306. The summed E-state index contributed by atoms with van der Waals surface area (Å²) in [4.78, 5) is 0. The van der Waals surface area contributed by atoms with Crippen molar-refractivity contribution in [3.63, 3.8) is 0 Å². The molecule has 0 saturated carbocycles. The lowest BCUT2D eigenvalue weighted by Gasteiger charge is -2.11. The van der Waals surface area contributed by atoms with Crippen LogP contribution in [0.4, 0.5) is 0 Å². The normalized spacial score (nSPS) is 12.2. The van der Waals surface area contributed by atoms with E-state index in [9.17, 15) is 5.11 Å². The molecule has 0 amide bonds. The highest BCUT2D eigenvalue weighted by molar-refractivity contribution is 5.05. The van der Waals surface area contributed by atoms with E-state index in [1.807, 2.05) is 0 Å². The van der Waals surface area contributed by atoms with E-state index in [1.54, 1.807) is 0 Å². The van der Waals surface area contributed by atoms with Crippen molar-refractivity contribution in [3.8, 4) is 0 Å². The number of unbranched alkanes of at least 4 members (excludes halogenated alkanes) is 3. The van der Waals surface area contributed by atoms with Crippen LogP contribution in [0.25, 0.3) is 0 Å². The minimum absolute atomic E-state index is 0.306. The molecular weight excluding hydrogens is 172 g/mol. The molecule has 1 nitrogen and oxygen atoms in total. The Labute approximate surface area is 88.5 Å².